The van der Waals surface area contributed by atoms with E-state index in [1.165, 1.54) is 38.5 Å². The monoisotopic (exact) mass is 234 g/mol. The highest BCUT2D eigenvalue weighted by Crippen LogP contribution is 2.07. The Bertz CT molecular complexity index is 102. The Morgan fingerprint density at radius 1 is 0.917 bits per heavy atom. The molecule has 0 atom stereocenters. The largest absolute Gasteiger partial charge is 0.396 e. The third-order valence-corrected chi connectivity index (χ3v) is 2.24. The van der Waals surface area contributed by atoms with E-state index in [9.17, 15) is 0 Å². The van der Waals surface area contributed by atoms with Crippen LogP contribution in [0.3, 0.4) is 0 Å². The molecule has 1 N–H and O–H groups in total. The SMILES string of the molecule is OCCCCCCCCC=CBr. The summed E-state index contributed by atoms with van der Waals surface area (Å²) < 4.78 is 0. The maximum Gasteiger partial charge on any atom is 0.0431 e. The van der Waals surface area contributed by atoms with Crippen molar-refractivity contribution in [1.29, 1.82) is 0 Å². The first-order chi connectivity index (χ1) is 5.91. The summed E-state index contributed by atoms with van der Waals surface area (Å²) >= 11 is 3.24. The summed E-state index contributed by atoms with van der Waals surface area (Å²) in [5.74, 6) is 0. The average molecular weight is 235 g/mol. The highest BCUT2D eigenvalue weighted by atomic mass is 79.9. The molecule has 0 fully saturated rings. The van der Waals surface area contributed by atoms with Gasteiger partial charge in [0.25, 0.3) is 0 Å². The number of unbranched alkanes of at least 4 members (excludes halogenated alkanes) is 6. The second-order valence-electron chi connectivity index (χ2n) is 3.00. The number of allylic oxidation sites excluding steroid dienone is 1. The third kappa shape index (κ3) is 10.2. The Morgan fingerprint density at radius 3 is 2.08 bits per heavy atom. The fourth-order valence-electron chi connectivity index (χ4n) is 1.14. The van der Waals surface area contributed by atoms with Crippen LogP contribution in [0.5, 0.6) is 0 Å². The van der Waals surface area contributed by atoms with Gasteiger partial charge in [-0.05, 0) is 24.2 Å². The molecule has 12 heavy (non-hydrogen) atoms. The standard InChI is InChI=1S/C10H19BrO/c11-9-7-5-3-1-2-4-6-8-10-12/h7,9,12H,1-6,8,10H2. The van der Waals surface area contributed by atoms with Crippen LogP contribution < -0.4 is 0 Å². The van der Waals surface area contributed by atoms with Crippen molar-refractivity contribution in [3.63, 3.8) is 0 Å². The van der Waals surface area contributed by atoms with Gasteiger partial charge in [-0.2, -0.15) is 0 Å². The van der Waals surface area contributed by atoms with Gasteiger partial charge in [0.2, 0.25) is 0 Å². The Morgan fingerprint density at radius 2 is 1.50 bits per heavy atom. The van der Waals surface area contributed by atoms with E-state index in [1.54, 1.807) is 0 Å². The number of halogens is 1. The highest BCUT2D eigenvalue weighted by Gasteiger charge is 1.88. The average Bonchev–Trinajstić information content (AvgIpc) is 2.10. The summed E-state index contributed by atoms with van der Waals surface area (Å²) in [7, 11) is 0. The lowest BCUT2D eigenvalue weighted by Gasteiger charge is -1.98. The van der Waals surface area contributed by atoms with Crippen LogP contribution in [0.2, 0.25) is 0 Å². The fraction of sp³-hybridized carbons (Fsp3) is 0.800. The summed E-state index contributed by atoms with van der Waals surface area (Å²) in [6.45, 7) is 0.353. The van der Waals surface area contributed by atoms with E-state index in [1.807, 2.05) is 4.99 Å². The molecule has 0 radical (unpaired) electrons. The molecule has 2 heteroatoms. The number of hydrogen-bond donors (Lipinski definition) is 1. The Kier molecular flexibility index (Phi) is 11.3. The zero-order chi connectivity index (χ0) is 9.07. The van der Waals surface area contributed by atoms with Gasteiger partial charge in [-0.25, -0.2) is 0 Å². The van der Waals surface area contributed by atoms with Gasteiger partial charge >= 0.3 is 0 Å². The molecule has 72 valence electrons. The zero-order valence-corrected chi connectivity index (χ0v) is 9.22. The summed E-state index contributed by atoms with van der Waals surface area (Å²) in [5.41, 5.74) is 0. The highest BCUT2D eigenvalue weighted by molar-refractivity contribution is 9.11. The minimum Gasteiger partial charge on any atom is -0.396 e. The molecule has 0 spiro atoms. The van der Waals surface area contributed by atoms with Crippen LogP contribution in [0.1, 0.15) is 44.9 Å². The molecule has 0 aliphatic heterocycles. The van der Waals surface area contributed by atoms with Gasteiger partial charge in [0.15, 0.2) is 0 Å². The van der Waals surface area contributed by atoms with Crippen LogP contribution in [-0.4, -0.2) is 11.7 Å². The third-order valence-electron chi connectivity index (χ3n) is 1.87. The van der Waals surface area contributed by atoms with Gasteiger partial charge in [0.1, 0.15) is 0 Å². The number of rotatable bonds is 8. The molecule has 0 amide bonds. The van der Waals surface area contributed by atoms with Crippen LogP contribution in [0.15, 0.2) is 11.1 Å². The lowest BCUT2D eigenvalue weighted by molar-refractivity contribution is 0.282. The molecule has 0 aliphatic rings. The van der Waals surface area contributed by atoms with E-state index >= 15 is 0 Å². The number of hydrogen-bond acceptors (Lipinski definition) is 1. The van der Waals surface area contributed by atoms with Gasteiger partial charge in [0.05, 0.1) is 0 Å². The van der Waals surface area contributed by atoms with Gasteiger partial charge in [-0.15, -0.1) is 0 Å². The van der Waals surface area contributed by atoms with E-state index in [-0.39, 0.29) is 0 Å². The summed E-state index contributed by atoms with van der Waals surface area (Å²) in [6, 6.07) is 0. The molecule has 0 aromatic rings. The molecule has 0 aromatic heterocycles. The smallest absolute Gasteiger partial charge is 0.0431 e. The van der Waals surface area contributed by atoms with Crippen molar-refractivity contribution >= 4 is 15.9 Å². The van der Waals surface area contributed by atoms with Gasteiger partial charge < -0.3 is 5.11 Å². The minimum atomic E-state index is 0.353. The molecule has 0 unspecified atom stereocenters. The molecule has 0 rings (SSSR count). The molecule has 0 saturated carbocycles. The molecule has 0 aliphatic carbocycles. The molecule has 0 aromatic carbocycles. The van der Waals surface area contributed by atoms with E-state index in [0.29, 0.717) is 6.61 Å². The predicted molar refractivity (Wildman–Crippen MR) is 57.5 cm³/mol. The van der Waals surface area contributed by atoms with Crippen LogP contribution in [0.4, 0.5) is 0 Å². The second kappa shape index (κ2) is 11.2. The molecule has 1 nitrogen and oxygen atoms in total. The van der Waals surface area contributed by atoms with Gasteiger partial charge in [0, 0.05) is 6.61 Å². The Labute approximate surface area is 84.0 Å². The lowest BCUT2D eigenvalue weighted by atomic mass is 10.1. The van der Waals surface area contributed by atoms with Crippen molar-refractivity contribution in [2.75, 3.05) is 6.61 Å². The van der Waals surface area contributed by atoms with Crippen molar-refractivity contribution < 1.29 is 5.11 Å². The quantitative estimate of drug-likeness (QED) is 0.637. The van der Waals surface area contributed by atoms with E-state index in [4.69, 9.17) is 5.11 Å². The fourth-order valence-corrected chi connectivity index (χ4v) is 1.41. The first-order valence-electron chi connectivity index (χ1n) is 4.78. The van der Waals surface area contributed by atoms with E-state index < -0.39 is 0 Å². The topological polar surface area (TPSA) is 20.2 Å². The van der Waals surface area contributed by atoms with Crippen LogP contribution in [-0.2, 0) is 0 Å². The van der Waals surface area contributed by atoms with Crippen molar-refractivity contribution in [2.24, 2.45) is 0 Å². The minimum absolute atomic E-state index is 0.353. The van der Waals surface area contributed by atoms with Crippen molar-refractivity contribution in [3.8, 4) is 0 Å². The van der Waals surface area contributed by atoms with E-state index in [0.717, 1.165) is 6.42 Å². The zero-order valence-electron chi connectivity index (χ0n) is 7.64. The second-order valence-corrected chi connectivity index (χ2v) is 3.52. The van der Waals surface area contributed by atoms with Gasteiger partial charge in [-0.3, -0.25) is 0 Å². The Balaban J connectivity index is 2.81. The maximum atomic E-state index is 8.52. The van der Waals surface area contributed by atoms with Gasteiger partial charge in [-0.1, -0.05) is 47.7 Å². The lowest BCUT2D eigenvalue weighted by Crippen LogP contribution is -1.83. The normalized spacial score (nSPS) is 11.2. The van der Waals surface area contributed by atoms with Crippen LogP contribution >= 0.6 is 15.9 Å². The first kappa shape index (κ1) is 12.2. The molecule has 0 saturated heterocycles. The molecular weight excluding hydrogens is 216 g/mol. The Hall–Kier alpha value is 0.180. The van der Waals surface area contributed by atoms with Crippen LogP contribution in [0.25, 0.3) is 0 Å². The van der Waals surface area contributed by atoms with Crippen molar-refractivity contribution in [2.45, 2.75) is 44.9 Å². The summed E-state index contributed by atoms with van der Waals surface area (Å²) in [4.78, 5) is 1.93. The number of aliphatic hydroxyl groups excluding tert-OH is 1. The van der Waals surface area contributed by atoms with E-state index in [2.05, 4.69) is 22.0 Å². The molecular formula is C10H19BrO. The van der Waals surface area contributed by atoms with Crippen molar-refractivity contribution in [3.05, 3.63) is 11.1 Å². The molecule has 0 bridgehead atoms. The first-order valence-corrected chi connectivity index (χ1v) is 5.69. The van der Waals surface area contributed by atoms with Crippen molar-refractivity contribution in [1.82, 2.24) is 0 Å². The number of aliphatic hydroxyl groups is 1. The maximum absolute atomic E-state index is 8.52. The predicted octanol–water partition coefficient (Wildman–Crippen LogP) is 3.62. The summed E-state index contributed by atoms with van der Waals surface area (Å²) in [6.07, 6.45) is 10.7. The molecule has 0 heterocycles. The van der Waals surface area contributed by atoms with Crippen LogP contribution in [0, 0.1) is 0 Å². The summed E-state index contributed by atoms with van der Waals surface area (Å²) in [5, 5.41) is 8.52.